The van der Waals surface area contributed by atoms with Crippen LogP contribution >= 0.6 is 0 Å². The molecule has 0 amide bonds. The van der Waals surface area contributed by atoms with Crippen molar-refractivity contribution in [2.75, 3.05) is 26.3 Å². The number of aryl methyl sites for hydroxylation is 1. The molecule has 1 rings (SSSR count). The van der Waals surface area contributed by atoms with Gasteiger partial charge in [-0.05, 0) is 25.7 Å². The Morgan fingerprint density at radius 2 is 2.44 bits per heavy atom. The second kappa shape index (κ2) is 9.33. The number of nitrogens with one attached hydrogen (secondary N) is 2. The third kappa shape index (κ3) is 6.78. The zero-order valence-corrected chi connectivity index (χ0v) is 10.5. The lowest BCUT2D eigenvalue weighted by atomic mass is 10.3. The minimum Gasteiger partial charge on any atom is -0.380 e. The highest BCUT2D eigenvalue weighted by molar-refractivity contribution is 5.96. The van der Waals surface area contributed by atoms with E-state index in [0.717, 1.165) is 18.5 Å². The van der Waals surface area contributed by atoms with E-state index in [1.54, 1.807) is 13.1 Å². The molecule has 1 heterocycles. The Labute approximate surface area is 106 Å². The summed E-state index contributed by atoms with van der Waals surface area (Å²) in [5, 5.41) is 13.2. The van der Waals surface area contributed by atoms with Gasteiger partial charge in [-0.1, -0.05) is 5.92 Å². The Balaban J connectivity index is 1.86. The Morgan fingerprint density at radius 1 is 1.56 bits per heavy atom. The number of H-pyrrole nitrogens is 1. The van der Waals surface area contributed by atoms with Gasteiger partial charge in [0.2, 0.25) is 5.78 Å². The van der Waals surface area contributed by atoms with Gasteiger partial charge in [0.25, 0.3) is 0 Å². The standard InChI is InChI=1S/C12H18N4O2/c1-2-4-12(17)10-13-6-8-18-7-3-5-11-9-14-16-15-11/h9,13H,3,5-8,10H2,1H3,(H,14,15,16). The van der Waals surface area contributed by atoms with Gasteiger partial charge >= 0.3 is 0 Å². The summed E-state index contributed by atoms with van der Waals surface area (Å²) in [7, 11) is 0. The lowest BCUT2D eigenvalue weighted by Gasteiger charge is -2.03. The Hall–Kier alpha value is -1.71. The van der Waals surface area contributed by atoms with E-state index >= 15 is 0 Å². The number of rotatable bonds is 9. The highest BCUT2D eigenvalue weighted by Crippen LogP contribution is 1.95. The molecule has 0 spiro atoms. The van der Waals surface area contributed by atoms with E-state index in [-0.39, 0.29) is 12.3 Å². The molecule has 0 fully saturated rings. The van der Waals surface area contributed by atoms with Crippen molar-refractivity contribution in [3.05, 3.63) is 11.9 Å². The summed E-state index contributed by atoms with van der Waals surface area (Å²) in [5.74, 6) is 4.94. The van der Waals surface area contributed by atoms with Gasteiger partial charge in [-0.2, -0.15) is 15.4 Å². The summed E-state index contributed by atoms with van der Waals surface area (Å²) in [6.07, 6.45) is 3.48. The molecule has 2 N–H and O–H groups in total. The van der Waals surface area contributed by atoms with Crippen LogP contribution < -0.4 is 5.32 Å². The van der Waals surface area contributed by atoms with E-state index in [9.17, 15) is 4.79 Å². The lowest BCUT2D eigenvalue weighted by Crippen LogP contribution is -2.25. The van der Waals surface area contributed by atoms with Crippen LogP contribution in [-0.2, 0) is 16.0 Å². The Bertz CT molecular complexity index is 392. The van der Waals surface area contributed by atoms with Crippen LogP contribution in [0.1, 0.15) is 19.0 Å². The first-order valence-electron chi connectivity index (χ1n) is 5.91. The number of hydrogen-bond acceptors (Lipinski definition) is 5. The largest absolute Gasteiger partial charge is 0.380 e. The van der Waals surface area contributed by atoms with Crippen LogP contribution in [0.3, 0.4) is 0 Å². The first kappa shape index (κ1) is 14.4. The molecule has 98 valence electrons. The van der Waals surface area contributed by atoms with E-state index in [1.807, 2.05) is 0 Å². The summed E-state index contributed by atoms with van der Waals surface area (Å²) in [6, 6.07) is 0. The molecule has 0 aliphatic heterocycles. The number of hydrogen-bond donors (Lipinski definition) is 2. The van der Waals surface area contributed by atoms with Crippen LogP contribution in [0.15, 0.2) is 6.20 Å². The zero-order chi connectivity index (χ0) is 13.1. The molecule has 0 unspecified atom stereocenters. The van der Waals surface area contributed by atoms with Crippen LogP contribution in [0, 0.1) is 11.8 Å². The van der Waals surface area contributed by atoms with Crippen LogP contribution in [0.25, 0.3) is 0 Å². The molecule has 0 bridgehead atoms. The van der Waals surface area contributed by atoms with Crippen molar-refractivity contribution in [3.63, 3.8) is 0 Å². The minimum absolute atomic E-state index is 0.0940. The lowest BCUT2D eigenvalue weighted by molar-refractivity contribution is -0.113. The van der Waals surface area contributed by atoms with Crippen LogP contribution in [-0.4, -0.2) is 47.5 Å². The maximum absolute atomic E-state index is 11.0. The third-order valence-electron chi connectivity index (χ3n) is 2.16. The molecule has 18 heavy (non-hydrogen) atoms. The monoisotopic (exact) mass is 250 g/mol. The summed E-state index contributed by atoms with van der Waals surface area (Å²) < 4.78 is 5.41. The second-order valence-corrected chi connectivity index (χ2v) is 3.65. The molecule has 6 nitrogen and oxygen atoms in total. The molecular formula is C12H18N4O2. The fourth-order valence-corrected chi connectivity index (χ4v) is 1.33. The fourth-order valence-electron chi connectivity index (χ4n) is 1.33. The van der Waals surface area contributed by atoms with E-state index in [4.69, 9.17) is 4.74 Å². The number of carbonyl (C=O) groups excluding carboxylic acids is 1. The summed E-state index contributed by atoms with van der Waals surface area (Å²) in [4.78, 5) is 11.0. The van der Waals surface area contributed by atoms with E-state index in [1.165, 1.54) is 0 Å². The molecule has 0 aromatic carbocycles. The minimum atomic E-state index is -0.0940. The predicted octanol–water partition coefficient (Wildman–Crippen LogP) is -0.0641. The van der Waals surface area contributed by atoms with Gasteiger partial charge in [-0.3, -0.25) is 4.79 Å². The Morgan fingerprint density at radius 3 is 3.17 bits per heavy atom. The molecule has 1 aromatic heterocycles. The van der Waals surface area contributed by atoms with Crippen LogP contribution in [0.4, 0.5) is 0 Å². The number of ether oxygens (including phenoxy) is 1. The summed E-state index contributed by atoms with van der Waals surface area (Å²) in [5.41, 5.74) is 0.945. The number of nitrogens with zero attached hydrogens (tertiary/aromatic N) is 2. The first-order valence-corrected chi connectivity index (χ1v) is 5.91. The third-order valence-corrected chi connectivity index (χ3v) is 2.16. The smallest absolute Gasteiger partial charge is 0.219 e. The number of Topliss-reactive ketones (excluding diaryl/α,β-unsaturated/α-hetero) is 1. The average molecular weight is 250 g/mol. The average Bonchev–Trinajstić information content (AvgIpc) is 2.86. The van der Waals surface area contributed by atoms with Crippen LogP contribution in [0.2, 0.25) is 0 Å². The fraction of sp³-hybridized carbons (Fsp3) is 0.583. The molecule has 0 saturated carbocycles. The van der Waals surface area contributed by atoms with E-state index < -0.39 is 0 Å². The SMILES string of the molecule is CC#CC(=O)CNCCOCCCc1cn[nH]n1. The van der Waals surface area contributed by atoms with Crippen molar-refractivity contribution in [1.82, 2.24) is 20.7 Å². The topological polar surface area (TPSA) is 79.9 Å². The second-order valence-electron chi connectivity index (χ2n) is 3.65. The molecule has 0 atom stereocenters. The molecule has 0 radical (unpaired) electrons. The molecular weight excluding hydrogens is 232 g/mol. The molecule has 0 aliphatic rings. The van der Waals surface area contributed by atoms with Crippen molar-refractivity contribution in [3.8, 4) is 11.8 Å². The summed E-state index contributed by atoms with van der Waals surface area (Å²) >= 11 is 0. The number of ketones is 1. The number of aromatic amines is 1. The summed E-state index contributed by atoms with van der Waals surface area (Å²) in [6.45, 7) is 3.85. The normalized spacial score (nSPS) is 9.83. The van der Waals surface area contributed by atoms with Gasteiger partial charge in [-0.25, -0.2) is 0 Å². The maximum atomic E-state index is 11.0. The Kier molecular flexibility index (Phi) is 7.44. The van der Waals surface area contributed by atoms with Gasteiger partial charge in [-0.15, -0.1) is 0 Å². The van der Waals surface area contributed by atoms with Crippen molar-refractivity contribution in [2.45, 2.75) is 19.8 Å². The van der Waals surface area contributed by atoms with Crippen molar-refractivity contribution >= 4 is 5.78 Å². The molecule has 6 heteroatoms. The van der Waals surface area contributed by atoms with Gasteiger partial charge in [0, 0.05) is 13.2 Å². The van der Waals surface area contributed by atoms with Crippen LogP contribution in [0.5, 0.6) is 0 Å². The van der Waals surface area contributed by atoms with Crippen molar-refractivity contribution in [1.29, 1.82) is 0 Å². The van der Waals surface area contributed by atoms with Gasteiger partial charge in [0.05, 0.1) is 25.0 Å². The van der Waals surface area contributed by atoms with Gasteiger partial charge in [0.15, 0.2) is 0 Å². The highest BCUT2D eigenvalue weighted by Gasteiger charge is 1.97. The van der Waals surface area contributed by atoms with Crippen molar-refractivity contribution in [2.24, 2.45) is 0 Å². The highest BCUT2D eigenvalue weighted by atomic mass is 16.5. The van der Waals surface area contributed by atoms with Gasteiger partial charge < -0.3 is 10.1 Å². The first-order chi connectivity index (χ1) is 8.83. The number of carbonyl (C=O) groups is 1. The van der Waals surface area contributed by atoms with Gasteiger partial charge in [0.1, 0.15) is 0 Å². The van der Waals surface area contributed by atoms with Crippen molar-refractivity contribution < 1.29 is 9.53 Å². The predicted molar refractivity (Wildman–Crippen MR) is 66.8 cm³/mol. The zero-order valence-electron chi connectivity index (χ0n) is 10.5. The molecule has 0 aliphatic carbocycles. The maximum Gasteiger partial charge on any atom is 0.219 e. The quantitative estimate of drug-likeness (QED) is 0.364. The molecule has 0 saturated heterocycles. The van der Waals surface area contributed by atoms with E-state index in [0.29, 0.717) is 19.8 Å². The van der Waals surface area contributed by atoms with E-state index in [2.05, 4.69) is 32.6 Å². The number of aromatic nitrogens is 3. The molecule has 1 aromatic rings.